The van der Waals surface area contributed by atoms with Gasteiger partial charge in [-0.15, -0.1) is 0 Å². The maximum atomic E-state index is 11.6. The van der Waals surface area contributed by atoms with E-state index in [-0.39, 0.29) is 35.8 Å². The van der Waals surface area contributed by atoms with Gasteiger partial charge in [0, 0.05) is 5.92 Å². The van der Waals surface area contributed by atoms with Crippen molar-refractivity contribution >= 4 is 11.9 Å². The Morgan fingerprint density at radius 2 is 2.33 bits per heavy atom. The number of hydrogen-bond donors (Lipinski definition) is 0. The molecule has 1 fully saturated rings. The maximum Gasteiger partial charge on any atom is 0.310 e. The van der Waals surface area contributed by atoms with Gasteiger partial charge in [-0.25, -0.2) is 0 Å². The molecule has 0 amide bonds. The molecule has 4 atom stereocenters. The second-order valence-electron chi connectivity index (χ2n) is 4.04. The first-order valence-electron chi connectivity index (χ1n) is 5.10. The van der Waals surface area contributed by atoms with Crippen LogP contribution in [0.5, 0.6) is 0 Å². The number of carbonyl (C=O) groups is 2. The van der Waals surface area contributed by atoms with E-state index in [0.717, 1.165) is 0 Å². The molecule has 0 unspecified atom stereocenters. The highest BCUT2D eigenvalue weighted by Gasteiger charge is 2.49. The van der Waals surface area contributed by atoms with Gasteiger partial charge in [0.05, 0.1) is 18.9 Å². The Bertz CT molecular complexity index is 321. The number of allylic oxidation sites excluding steroid dienone is 1. The highest BCUT2D eigenvalue weighted by atomic mass is 16.6. The van der Waals surface area contributed by atoms with Crippen molar-refractivity contribution in [2.24, 2.45) is 17.8 Å². The molecule has 0 saturated carbocycles. The van der Waals surface area contributed by atoms with Crippen LogP contribution in [0.2, 0.25) is 0 Å². The third-order valence-corrected chi connectivity index (χ3v) is 3.22. The van der Waals surface area contributed by atoms with E-state index in [0.29, 0.717) is 6.42 Å². The summed E-state index contributed by atoms with van der Waals surface area (Å²) in [5, 5.41) is 0. The fourth-order valence-electron chi connectivity index (χ4n) is 2.42. The van der Waals surface area contributed by atoms with Crippen molar-refractivity contribution in [3.8, 4) is 0 Å². The lowest BCUT2D eigenvalue weighted by Gasteiger charge is -2.25. The molecule has 0 aromatic heterocycles. The lowest BCUT2D eigenvalue weighted by molar-refractivity contribution is -0.154. The Morgan fingerprint density at radius 1 is 1.60 bits per heavy atom. The first-order chi connectivity index (χ1) is 7.15. The van der Waals surface area contributed by atoms with Crippen LogP contribution in [0.25, 0.3) is 0 Å². The molecule has 0 spiro atoms. The molecule has 1 aliphatic heterocycles. The standard InChI is InChI=1S/C11H14O4/c1-6-7-4-3-5-8(10(12)14-2)9(7)11(13)15-6/h3-4,6-9H,5H2,1-2H3/t6-,7-,8+,9+/m1/s1. The van der Waals surface area contributed by atoms with Crippen LogP contribution < -0.4 is 0 Å². The summed E-state index contributed by atoms with van der Waals surface area (Å²) in [6.07, 6.45) is 4.34. The van der Waals surface area contributed by atoms with Crippen molar-refractivity contribution < 1.29 is 19.1 Å². The van der Waals surface area contributed by atoms with Crippen LogP contribution in [0, 0.1) is 17.8 Å². The maximum absolute atomic E-state index is 11.6. The van der Waals surface area contributed by atoms with Crippen molar-refractivity contribution in [2.75, 3.05) is 7.11 Å². The van der Waals surface area contributed by atoms with Crippen LogP contribution >= 0.6 is 0 Å². The average Bonchev–Trinajstić information content (AvgIpc) is 2.54. The van der Waals surface area contributed by atoms with Crippen molar-refractivity contribution in [2.45, 2.75) is 19.4 Å². The Labute approximate surface area is 88.2 Å². The number of carbonyl (C=O) groups excluding carboxylic acids is 2. The molecule has 1 aliphatic carbocycles. The van der Waals surface area contributed by atoms with Crippen molar-refractivity contribution in [1.82, 2.24) is 0 Å². The van der Waals surface area contributed by atoms with Gasteiger partial charge in [0.25, 0.3) is 0 Å². The molecular weight excluding hydrogens is 196 g/mol. The summed E-state index contributed by atoms with van der Waals surface area (Å²) in [4.78, 5) is 23.1. The summed E-state index contributed by atoms with van der Waals surface area (Å²) in [5.74, 6) is -1.29. The molecular formula is C11H14O4. The van der Waals surface area contributed by atoms with Gasteiger partial charge in [-0.2, -0.15) is 0 Å². The van der Waals surface area contributed by atoms with E-state index in [4.69, 9.17) is 9.47 Å². The highest BCUT2D eigenvalue weighted by Crippen LogP contribution is 2.40. The summed E-state index contributed by atoms with van der Waals surface area (Å²) in [5.41, 5.74) is 0. The van der Waals surface area contributed by atoms with Gasteiger partial charge in [0.2, 0.25) is 0 Å². The summed E-state index contributed by atoms with van der Waals surface area (Å²) >= 11 is 0. The minimum atomic E-state index is -0.373. The van der Waals surface area contributed by atoms with Gasteiger partial charge < -0.3 is 9.47 Å². The van der Waals surface area contributed by atoms with Gasteiger partial charge in [-0.1, -0.05) is 12.2 Å². The molecule has 2 aliphatic rings. The molecule has 0 aromatic rings. The molecule has 0 radical (unpaired) electrons. The van der Waals surface area contributed by atoms with E-state index in [1.54, 1.807) is 0 Å². The minimum Gasteiger partial charge on any atom is -0.469 e. The van der Waals surface area contributed by atoms with E-state index in [1.165, 1.54) is 7.11 Å². The Morgan fingerprint density at radius 3 is 3.00 bits per heavy atom. The predicted molar refractivity (Wildman–Crippen MR) is 51.8 cm³/mol. The second kappa shape index (κ2) is 3.68. The number of esters is 2. The van der Waals surface area contributed by atoms with E-state index >= 15 is 0 Å². The third kappa shape index (κ3) is 1.54. The average molecular weight is 210 g/mol. The molecule has 1 saturated heterocycles. The van der Waals surface area contributed by atoms with Crippen LogP contribution in [0.4, 0.5) is 0 Å². The van der Waals surface area contributed by atoms with E-state index < -0.39 is 0 Å². The predicted octanol–water partition coefficient (Wildman–Crippen LogP) is 0.913. The zero-order chi connectivity index (χ0) is 11.0. The third-order valence-electron chi connectivity index (χ3n) is 3.22. The lowest BCUT2D eigenvalue weighted by Crippen LogP contribution is -2.34. The molecule has 15 heavy (non-hydrogen) atoms. The Balaban J connectivity index is 2.26. The smallest absolute Gasteiger partial charge is 0.310 e. The van der Waals surface area contributed by atoms with Crippen LogP contribution in [0.3, 0.4) is 0 Å². The SMILES string of the molecule is COC(=O)[C@H]1CC=C[C@H]2[C@@H]1C(=O)O[C@@H]2C. The van der Waals surface area contributed by atoms with Crippen molar-refractivity contribution in [1.29, 1.82) is 0 Å². The number of rotatable bonds is 1. The van der Waals surface area contributed by atoms with Crippen LogP contribution in [0.15, 0.2) is 12.2 Å². The van der Waals surface area contributed by atoms with E-state index in [2.05, 4.69) is 0 Å². The van der Waals surface area contributed by atoms with Crippen molar-refractivity contribution in [3.05, 3.63) is 12.2 Å². The second-order valence-corrected chi connectivity index (χ2v) is 4.04. The summed E-state index contributed by atoms with van der Waals surface area (Å²) in [6, 6.07) is 0. The number of methoxy groups -OCH3 is 1. The first kappa shape index (κ1) is 10.2. The molecule has 4 nitrogen and oxygen atoms in total. The molecule has 4 heteroatoms. The molecule has 2 rings (SSSR count). The van der Waals surface area contributed by atoms with Gasteiger partial charge in [0.15, 0.2) is 0 Å². The van der Waals surface area contributed by atoms with E-state index in [1.807, 2.05) is 19.1 Å². The molecule has 0 N–H and O–H groups in total. The summed E-state index contributed by atoms with van der Waals surface area (Å²) < 4.78 is 9.84. The number of ether oxygens (including phenoxy) is 2. The van der Waals surface area contributed by atoms with Crippen LogP contribution in [0.1, 0.15) is 13.3 Å². The highest BCUT2D eigenvalue weighted by molar-refractivity contribution is 5.84. The molecule has 1 heterocycles. The number of cyclic esters (lactones) is 1. The zero-order valence-corrected chi connectivity index (χ0v) is 8.80. The Kier molecular flexibility index (Phi) is 2.50. The zero-order valence-electron chi connectivity index (χ0n) is 8.80. The monoisotopic (exact) mass is 210 g/mol. The Hall–Kier alpha value is -1.32. The molecule has 0 bridgehead atoms. The molecule has 82 valence electrons. The quantitative estimate of drug-likeness (QED) is 0.477. The first-order valence-corrected chi connectivity index (χ1v) is 5.10. The van der Waals surface area contributed by atoms with Gasteiger partial charge in [0.1, 0.15) is 6.10 Å². The fourth-order valence-corrected chi connectivity index (χ4v) is 2.42. The summed E-state index contributed by atoms with van der Waals surface area (Å²) in [6.45, 7) is 1.85. The van der Waals surface area contributed by atoms with Gasteiger partial charge in [-0.3, -0.25) is 9.59 Å². The van der Waals surface area contributed by atoms with Gasteiger partial charge in [-0.05, 0) is 13.3 Å². The van der Waals surface area contributed by atoms with Crippen LogP contribution in [-0.4, -0.2) is 25.2 Å². The lowest BCUT2D eigenvalue weighted by atomic mass is 9.75. The fraction of sp³-hybridized carbons (Fsp3) is 0.636. The minimum absolute atomic E-state index is 0.0235. The van der Waals surface area contributed by atoms with Crippen LogP contribution in [-0.2, 0) is 19.1 Å². The topological polar surface area (TPSA) is 52.6 Å². The number of hydrogen-bond acceptors (Lipinski definition) is 4. The van der Waals surface area contributed by atoms with Crippen molar-refractivity contribution in [3.63, 3.8) is 0 Å². The van der Waals surface area contributed by atoms with Gasteiger partial charge >= 0.3 is 11.9 Å². The normalized spacial score (nSPS) is 38.4. The number of fused-ring (bicyclic) bond motifs is 1. The van der Waals surface area contributed by atoms with E-state index in [9.17, 15) is 9.59 Å². The largest absolute Gasteiger partial charge is 0.469 e. The molecule has 0 aromatic carbocycles. The summed E-state index contributed by atoms with van der Waals surface area (Å²) in [7, 11) is 1.35.